The van der Waals surface area contributed by atoms with Gasteiger partial charge in [-0.05, 0) is 29.7 Å². The summed E-state index contributed by atoms with van der Waals surface area (Å²) in [6.07, 6.45) is 1.22. The number of rotatable bonds is 5. The molecule has 1 heterocycles. The molecule has 1 amide bonds. The van der Waals surface area contributed by atoms with Gasteiger partial charge in [0, 0.05) is 23.5 Å². The van der Waals surface area contributed by atoms with E-state index in [4.69, 9.17) is 10.5 Å². The highest BCUT2D eigenvalue weighted by Crippen LogP contribution is 2.36. The molecule has 20 heavy (non-hydrogen) atoms. The number of ether oxygens (including phenoxy) is 1. The van der Waals surface area contributed by atoms with E-state index >= 15 is 0 Å². The first kappa shape index (κ1) is 15.0. The molecule has 1 unspecified atom stereocenters. The Hall–Kier alpha value is -1.36. The minimum absolute atomic E-state index is 0.0891. The third-order valence-electron chi connectivity index (χ3n) is 3.67. The molecule has 0 bridgehead atoms. The Morgan fingerprint density at radius 1 is 1.55 bits per heavy atom. The molecule has 1 fully saturated rings. The highest BCUT2D eigenvalue weighted by Gasteiger charge is 2.32. The fourth-order valence-corrected chi connectivity index (χ4v) is 3.81. The number of carbonyl (C=O) groups excluding carboxylic acids is 1. The van der Waals surface area contributed by atoms with Gasteiger partial charge in [0.15, 0.2) is 6.61 Å². The zero-order valence-corrected chi connectivity index (χ0v) is 12.8. The summed E-state index contributed by atoms with van der Waals surface area (Å²) in [6, 6.07) is 8.12. The van der Waals surface area contributed by atoms with Crippen LogP contribution in [-0.4, -0.2) is 30.1 Å². The van der Waals surface area contributed by atoms with E-state index < -0.39 is 5.91 Å². The summed E-state index contributed by atoms with van der Waals surface area (Å²) in [5, 5.41) is 3.58. The maximum absolute atomic E-state index is 10.7. The van der Waals surface area contributed by atoms with Crippen molar-refractivity contribution in [1.29, 1.82) is 0 Å². The van der Waals surface area contributed by atoms with Crippen LogP contribution in [0.3, 0.4) is 0 Å². The fraction of sp³-hybridized carbons (Fsp3) is 0.533. The van der Waals surface area contributed by atoms with Crippen LogP contribution in [0.15, 0.2) is 24.3 Å². The molecule has 1 saturated heterocycles. The van der Waals surface area contributed by atoms with Gasteiger partial charge >= 0.3 is 0 Å². The van der Waals surface area contributed by atoms with Gasteiger partial charge in [0.1, 0.15) is 5.75 Å². The summed E-state index contributed by atoms with van der Waals surface area (Å²) < 4.78 is 5.33. The lowest BCUT2D eigenvalue weighted by molar-refractivity contribution is -0.119. The Balaban J connectivity index is 2.01. The van der Waals surface area contributed by atoms with Crippen LogP contribution in [-0.2, 0) is 4.79 Å². The van der Waals surface area contributed by atoms with Crippen molar-refractivity contribution in [3.05, 3.63) is 24.3 Å². The molecule has 0 aromatic heterocycles. The number of anilines is 1. The first-order chi connectivity index (χ1) is 9.47. The maximum Gasteiger partial charge on any atom is 0.255 e. The first-order valence-corrected chi connectivity index (χ1v) is 7.98. The van der Waals surface area contributed by atoms with Crippen molar-refractivity contribution in [3.63, 3.8) is 0 Å². The number of nitrogens with two attached hydrogens (primary N) is 1. The predicted molar refractivity (Wildman–Crippen MR) is 84.3 cm³/mol. The van der Waals surface area contributed by atoms with E-state index in [1.807, 2.05) is 36.0 Å². The van der Waals surface area contributed by atoms with Gasteiger partial charge in [-0.25, -0.2) is 0 Å². The van der Waals surface area contributed by atoms with Gasteiger partial charge in [-0.2, -0.15) is 11.8 Å². The van der Waals surface area contributed by atoms with Crippen LogP contribution >= 0.6 is 11.8 Å². The number of hydrogen-bond donors (Lipinski definition) is 2. The summed E-state index contributed by atoms with van der Waals surface area (Å²) in [5.74, 6) is 2.54. The van der Waals surface area contributed by atoms with E-state index in [1.165, 1.54) is 12.2 Å². The maximum atomic E-state index is 10.7. The average Bonchev–Trinajstić information content (AvgIpc) is 2.39. The summed E-state index contributed by atoms with van der Waals surface area (Å²) in [7, 11) is 0. The molecule has 0 spiro atoms. The van der Waals surface area contributed by atoms with E-state index in [-0.39, 0.29) is 12.0 Å². The van der Waals surface area contributed by atoms with Gasteiger partial charge in [-0.1, -0.05) is 19.9 Å². The van der Waals surface area contributed by atoms with Gasteiger partial charge < -0.3 is 15.8 Å². The number of amides is 1. The number of hydrogen-bond acceptors (Lipinski definition) is 4. The van der Waals surface area contributed by atoms with Gasteiger partial charge in [0.05, 0.1) is 0 Å². The largest absolute Gasteiger partial charge is 0.484 e. The van der Waals surface area contributed by atoms with Crippen LogP contribution < -0.4 is 15.8 Å². The van der Waals surface area contributed by atoms with E-state index in [2.05, 4.69) is 19.2 Å². The lowest BCUT2D eigenvalue weighted by Gasteiger charge is -2.39. The standard InChI is InChI=1S/C15H22N2O2S/c1-15(2)6-7-20-10-13(15)17-11-4-3-5-12(8-11)19-9-14(16)18/h3-5,8,13,17H,6-7,9-10H2,1-2H3,(H2,16,18). The van der Waals surface area contributed by atoms with Crippen LogP contribution in [0.4, 0.5) is 5.69 Å². The van der Waals surface area contributed by atoms with E-state index in [1.54, 1.807) is 0 Å². The molecule has 1 aliphatic rings. The third-order valence-corrected chi connectivity index (χ3v) is 4.74. The van der Waals surface area contributed by atoms with Crippen molar-refractivity contribution in [2.75, 3.05) is 23.4 Å². The summed E-state index contributed by atoms with van der Waals surface area (Å²) in [4.78, 5) is 10.7. The van der Waals surface area contributed by atoms with Crippen LogP contribution in [0, 0.1) is 5.41 Å². The third kappa shape index (κ3) is 4.07. The molecule has 3 N–H and O–H groups in total. The van der Waals surface area contributed by atoms with Gasteiger partial charge in [-0.15, -0.1) is 0 Å². The normalized spacial score (nSPS) is 21.2. The second-order valence-corrected chi connectivity index (χ2v) is 6.94. The molecule has 1 aromatic rings. The molecule has 0 aliphatic carbocycles. The topological polar surface area (TPSA) is 64.3 Å². The fourth-order valence-electron chi connectivity index (χ4n) is 2.20. The minimum Gasteiger partial charge on any atom is -0.484 e. The number of primary amides is 1. The van der Waals surface area contributed by atoms with Gasteiger partial charge in [0.2, 0.25) is 0 Å². The minimum atomic E-state index is -0.465. The Morgan fingerprint density at radius 2 is 2.35 bits per heavy atom. The number of carbonyl (C=O) groups is 1. The molecule has 1 atom stereocenters. The summed E-state index contributed by atoms with van der Waals surface area (Å²) in [6.45, 7) is 4.52. The van der Waals surface area contributed by atoms with Gasteiger partial charge in [-0.3, -0.25) is 4.79 Å². The van der Waals surface area contributed by atoms with Crippen molar-refractivity contribution < 1.29 is 9.53 Å². The SMILES string of the molecule is CC1(C)CCSCC1Nc1cccc(OCC(N)=O)c1. The van der Waals surface area contributed by atoms with Crippen molar-refractivity contribution in [3.8, 4) is 5.75 Å². The van der Waals surface area contributed by atoms with E-state index in [9.17, 15) is 4.79 Å². The zero-order chi connectivity index (χ0) is 14.6. The Labute approximate surface area is 124 Å². The molecule has 110 valence electrons. The van der Waals surface area contributed by atoms with Crippen LogP contribution in [0.5, 0.6) is 5.75 Å². The molecular formula is C15H22N2O2S. The molecule has 4 nitrogen and oxygen atoms in total. The van der Waals surface area contributed by atoms with Gasteiger partial charge in [0.25, 0.3) is 5.91 Å². The number of thioether (sulfide) groups is 1. The lowest BCUT2D eigenvalue weighted by atomic mass is 9.82. The van der Waals surface area contributed by atoms with Crippen molar-refractivity contribution in [2.24, 2.45) is 11.1 Å². The Morgan fingerprint density at radius 3 is 3.05 bits per heavy atom. The smallest absolute Gasteiger partial charge is 0.255 e. The molecule has 1 aromatic carbocycles. The predicted octanol–water partition coefficient (Wildman–Crippen LogP) is 2.49. The van der Waals surface area contributed by atoms with Crippen LogP contribution in [0.2, 0.25) is 0 Å². The lowest BCUT2D eigenvalue weighted by Crippen LogP contribution is -2.41. The Bertz CT molecular complexity index is 477. The quantitative estimate of drug-likeness (QED) is 0.876. The number of benzene rings is 1. The van der Waals surface area contributed by atoms with Crippen LogP contribution in [0.25, 0.3) is 0 Å². The highest BCUT2D eigenvalue weighted by atomic mass is 32.2. The summed E-state index contributed by atoms with van der Waals surface area (Å²) in [5.41, 5.74) is 6.39. The highest BCUT2D eigenvalue weighted by molar-refractivity contribution is 7.99. The van der Waals surface area contributed by atoms with E-state index in [0.29, 0.717) is 11.8 Å². The van der Waals surface area contributed by atoms with Crippen molar-refractivity contribution >= 4 is 23.4 Å². The Kier molecular flexibility index (Phi) is 4.81. The summed E-state index contributed by atoms with van der Waals surface area (Å²) >= 11 is 1.99. The zero-order valence-electron chi connectivity index (χ0n) is 12.0. The molecule has 2 rings (SSSR count). The molecule has 0 radical (unpaired) electrons. The molecule has 1 aliphatic heterocycles. The van der Waals surface area contributed by atoms with Crippen molar-refractivity contribution in [1.82, 2.24) is 0 Å². The molecular weight excluding hydrogens is 272 g/mol. The molecule has 0 saturated carbocycles. The van der Waals surface area contributed by atoms with Crippen LogP contribution in [0.1, 0.15) is 20.3 Å². The second kappa shape index (κ2) is 6.39. The first-order valence-electron chi connectivity index (χ1n) is 6.83. The number of nitrogens with one attached hydrogen (secondary N) is 1. The molecule has 5 heteroatoms. The van der Waals surface area contributed by atoms with Crippen molar-refractivity contribution in [2.45, 2.75) is 26.3 Å². The average molecular weight is 294 g/mol. The van der Waals surface area contributed by atoms with E-state index in [0.717, 1.165) is 11.4 Å². The monoisotopic (exact) mass is 294 g/mol. The second-order valence-electron chi connectivity index (χ2n) is 5.79.